The van der Waals surface area contributed by atoms with E-state index in [0.717, 1.165) is 11.1 Å². The van der Waals surface area contributed by atoms with Crippen LogP contribution in [-0.2, 0) is 14.8 Å². The Hall–Kier alpha value is -2.34. The van der Waals surface area contributed by atoms with Gasteiger partial charge in [0.05, 0.1) is 10.6 Å². The van der Waals surface area contributed by atoms with Crippen LogP contribution in [0.4, 0.5) is 5.69 Å². The van der Waals surface area contributed by atoms with Gasteiger partial charge in [-0.1, -0.05) is 30.3 Å². The van der Waals surface area contributed by atoms with Crippen molar-refractivity contribution in [2.24, 2.45) is 0 Å². The minimum Gasteiger partial charge on any atom is -0.352 e. The minimum atomic E-state index is -3.85. The van der Waals surface area contributed by atoms with Crippen LogP contribution in [0, 0.1) is 13.8 Å². The lowest BCUT2D eigenvalue weighted by atomic mass is 10.1. The quantitative estimate of drug-likeness (QED) is 0.861. The first kappa shape index (κ1) is 19.0. The fourth-order valence-corrected chi connectivity index (χ4v) is 4.00. The van der Waals surface area contributed by atoms with Crippen LogP contribution in [0.1, 0.15) is 25.0 Å². The van der Waals surface area contributed by atoms with Gasteiger partial charge in [0.15, 0.2) is 0 Å². The molecule has 0 heterocycles. The van der Waals surface area contributed by atoms with Gasteiger partial charge in [0.2, 0.25) is 5.91 Å². The molecule has 2 aromatic carbocycles. The van der Waals surface area contributed by atoms with Gasteiger partial charge in [-0.15, -0.1) is 0 Å². The van der Waals surface area contributed by atoms with Crippen LogP contribution in [0.25, 0.3) is 0 Å². The van der Waals surface area contributed by atoms with E-state index in [1.165, 1.54) is 16.4 Å². The number of sulfonamides is 1. The largest absolute Gasteiger partial charge is 0.352 e. The number of carbonyl (C=O) groups excluding carboxylic acids is 1. The molecule has 0 radical (unpaired) electrons. The van der Waals surface area contributed by atoms with Gasteiger partial charge in [0.1, 0.15) is 6.54 Å². The van der Waals surface area contributed by atoms with E-state index in [2.05, 4.69) is 5.32 Å². The molecule has 1 amide bonds. The molecule has 0 unspecified atom stereocenters. The topological polar surface area (TPSA) is 66.5 Å². The Balaban J connectivity index is 2.52. The number of anilines is 1. The van der Waals surface area contributed by atoms with Crippen LogP contribution >= 0.6 is 0 Å². The summed E-state index contributed by atoms with van der Waals surface area (Å²) in [5, 5.41) is 2.76. The molecule has 2 rings (SSSR count). The van der Waals surface area contributed by atoms with Gasteiger partial charge in [-0.3, -0.25) is 9.10 Å². The number of rotatable bonds is 6. The molecule has 0 saturated heterocycles. The second-order valence-corrected chi connectivity index (χ2v) is 8.20. The Kier molecular flexibility index (Phi) is 5.85. The monoisotopic (exact) mass is 360 g/mol. The first-order chi connectivity index (χ1) is 11.7. The minimum absolute atomic E-state index is 0.0626. The lowest BCUT2D eigenvalue weighted by molar-refractivity contribution is -0.120. The molecule has 0 aliphatic heterocycles. The maximum absolute atomic E-state index is 13.2. The normalized spacial score (nSPS) is 11.4. The SMILES string of the molecule is Cc1ccc(C)c(N(CC(=O)NC(C)C)S(=O)(=O)c2ccccc2)c1. The van der Waals surface area contributed by atoms with Crippen molar-refractivity contribution in [3.8, 4) is 0 Å². The fraction of sp³-hybridized carbons (Fsp3) is 0.316. The number of hydrogen-bond donors (Lipinski definition) is 1. The highest BCUT2D eigenvalue weighted by Gasteiger charge is 2.28. The van der Waals surface area contributed by atoms with E-state index in [4.69, 9.17) is 0 Å². The highest BCUT2D eigenvalue weighted by Crippen LogP contribution is 2.27. The van der Waals surface area contributed by atoms with Gasteiger partial charge < -0.3 is 5.32 Å². The lowest BCUT2D eigenvalue weighted by Gasteiger charge is -2.26. The number of benzene rings is 2. The average molecular weight is 360 g/mol. The zero-order valence-electron chi connectivity index (χ0n) is 15.0. The first-order valence-corrected chi connectivity index (χ1v) is 9.60. The van der Waals surface area contributed by atoms with Gasteiger partial charge in [-0.2, -0.15) is 0 Å². The molecule has 0 aliphatic rings. The van der Waals surface area contributed by atoms with E-state index in [0.29, 0.717) is 5.69 Å². The molecule has 0 bridgehead atoms. The Morgan fingerprint density at radius 3 is 2.32 bits per heavy atom. The smallest absolute Gasteiger partial charge is 0.264 e. The summed E-state index contributed by atoms with van der Waals surface area (Å²) in [6.07, 6.45) is 0. The Morgan fingerprint density at radius 2 is 1.72 bits per heavy atom. The van der Waals surface area contributed by atoms with E-state index >= 15 is 0 Å². The molecule has 6 heteroatoms. The fourth-order valence-electron chi connectivity index (χ4n) is 2.51. The third kappa shape index (κ3) is 4.60. The highest BCUT2D eigenvalue weighted by molar-refractivity contribution is 7.92. The molecule has 1 N–H and O–H groups in total. The van der Waals surface area contributed by atoms with Crippen LogP contribution in [0.15, 0.2) is 53.4 Å². The third-order valence-electron chi connectivity index (χ3n) is 3.70. The lowest BCUT2D eigenvalue weighted by Crippen LogP contribution is -2.43. The van der Waals surface area contributed by atoms with Gasteiger partial charge in [0, 0.05) is 6.04 Å². The molecule has 2 aromatic rings. The summed E-state index contributed by atoms with van der Waals surface area (Å²) in [7, 11) is -3.85. The molecular weight excluding hydrogens is 336 g/mol. The predicted molar refractivity (Wildman–Crippen MR) is 100 cm³/mol. The molecule has 134 valence electrons. The van der Waals surface area contributed by atoms with Crippen molar-refractivity contribution in [2.45, 2.75) is 38.6 Å². The number of nitrogens with zero attached hydrogens (tertiary/aromatic N) is 1. The molecule has 0 aliphatic carbocycles. The zero-order chi connectivity index (χ0) is 18.6. The molecule has 5 nitrogen and oxygen atoms in total. The van der Waals surface area contributed by atoms with Crippen molar-refractivity contribution in [2.75, 3.05) is 10.8 Å². The summed E-state index contributed by atoms with van der Waals surface area (Å²) in [4.78, 5) is 12.5. The molecule has 0 aromatic heterocycles. The van der Waals surface area contributed by atoms with Crippen molar-refractivity contribution >= 4 is 21.6 Å². The Labute approximate surface area is 149 Å². The standard InChI is InChI=1S/C19H24N2O3S/c1-14(2)20-19(22)13-21(18-12-15(3)10-11-16(18)4)25(23,24)17-8-6-5-7-9-17/h5-12,14H,13H2,1-4H3,(H,20,22). The van der Waals surface area contributed by atoms with Gasteiger partial charge in [-0.25, -0.2) is 8.42 Å². The van der Waals surface area contributed by atoms with Crippen LogP contribution in [0.3, 0.4) is 0 Å². The van der Waals surface area contributed by atoms with Crippen LogP contribution in [0.5, 0.6) is 0 Å². The van der Waals surface area contributed by atoms with E-state index < -0.39 is 10.0 Å². The number of hydrogen-bond acceptors (Lipinski definition) is 3. The van der Waals surface area contributed by atoms with Gasteiger partial charge in [-0.05, 0) is 57.0 Å². The van der Waals surface area contributed by atoms with Crippen LogP contribution < -0.4 is 9.62 Å². The molecule has 0 fully saturated rings. The van der Waals surface area contributed by atoms with Crippen molar-refractivity contribution in [1.29, 1.82) is 0 Å². The molecule has 25 heavy (non-hydrogen) atoms. The highest BCUT2D eigenvalue weighted by atomic mass is 32.2. The number of nitrogens with one attached hydrogen (secondary N) is 1. The van der Waals surface area contributed by atoms with Crippen molar-refractivity contribution in [3.05, 3.63) is 59.7 Å². The summed E-state index contributed by atoms with van der Waals surface area (Å²) >= 11 is 0. The van der Waals surface area contributed by atoms with Crippen molar-refractivity contribution < 1.29 is 13.2 Å². The maximum atomic E-state index is 13.2. The van der Waals surface area contributed by atoms with Gasteiger partial charge in [0.25, 0.3) is 10.0 Å². The summed E-state index contributed by atoms with van der Waals surface area (Å²) in [5.74, 6) is -0.338. The maximum Gasteiger partial charge on any atom is 0.264 e. The first-order valence-electron chi connectivity index (χ1n) is 8.16. The predicted octanol–water partition coefficient (Wildman–Crippen LogP) is 3.02. The molecule has 0 saturated carbocycles. The second-order valence-electron chi connectivity index (χ2n) is 6.34. The van der Waals surface area contributed by atoms with E-state index in [9.17, 15) is 13.2 Å². The van der Waals surface area contributed by atoms with Crippen molar-refractivity contribution in [1.82, 2.24) is 5.32 Å². The van der Waals surface area contributed by atoms with Gasteiger partial charge >= 0.3 is 0 Å². The number of carbonyl (C=O) groups is 1. The van der Waals surface area contributed by atoms with E-state index in [1.54, 1.807) is 24.3 Å². The van der Waals surface area contributed by atoms with Crippen LogP contribution in [-0.4, -0.2) is 26.9 Å². The third-order valence-corrected chi connectivity index (χ3v) is 5.48. The number of aryl methyl sites for hydroxylation is 2. The van der Waals surface area contributed by atoms with E-state index in [1.807, 2.05) is 39.8 Å². The summed E-state index contributed by atoms with van der Waals surface area (Å²) in [6, 6.07) is 13.7. The Bertz CT molecular complexity index is 846. The zero-order valence-corrected chi connectivity index (χ0v) is 15.8. The summed E-state index contributed by atoms with van der Waals surface area (Å²) in [5.41, 5.74) is 2.24. The molecule has 0 atom stereocenters. The van der Waals surface area contributed by atoms with E-state index in [-0.39, 0.29) is 23.4 Å². The summed E-state index contributed by atoms with van der Waals surface area (Å²) < 4.78 is 27.5. The summed E-state index contributed by atoms with van der Waals surface area (Å²) in [6.45, 7) is 7.14. The second kappa shape index (κ2) is 7.70. The average Bonchev–Trinajstić information content (AvgIpc) is 2.55. The van der Waals surface area contributed by atoms with Crippen LogP contribution in [0.2, 0.25) is 0 Å². The van der Waals surface area contributed by atoms with Crippen molar-refractivity contribution in [3.63, 3.8) is 0 Å². The Morgan fingerprint density at radius 1 is 1.08 bits per heavy atom. The molecule has 0 spiro atoms. The number of amides is 1. The molecular formula is C19H24N2O3S.